The van der Waals surface area contributed by atoms with Crippen LogP contribution < -0.4 is 15.4 Å². The maximum atomic E-state index is 12.1. The van der Waals surface area contributed by atoms with Crippen molar-refractivity contribution in [2.24, 2.45) is 4.99 Å². The summed E-state index contributed by atoms with van der Waals surface area (Å²) in [5, 5.41) is 6.88. The Kier molecular flexibility index (Phi) is 9.92. The Balaban J connectivity index is 0.00000338. The Morgan fingerprint density at radius 2 is 1.77 bits per heavy atom. The van der Waals surface area contributed by atoms with Crippen LogP contribution >= 0.6 is 35.6 Å². The summed E-state index contributed by atoms with van der Waals surface area (Å²) in [6.45, 7) is 1.21. The highest BCUT2D eigenvalue weighted by Crippen LogP contribution is 2.10. The van der Waals surface area contributed by atoms with E-state index in [-0.39, 0.29) is 35.4 Å². The lowest BCUT2D eigenvalue weighted by Crippen LogP contribution is -2.41. The molecule has 2 aromatic carbocycles. The first-order chi connectivity index (χ1) is 12.0. The monoisotopic (exact) mass is 508 g/mol. The van der Waals surface area contributed by atoms with Gasteiger partial charge in [0.25, 0.3) is 0 Å². The van der Waals surface area contributed by atoms with Crippen molar-refractivity contribution < 1.29 is 8.42 Å². The van der Waals surface area contributed by atoms with Gasteiger partial charge in [0.15, 0.2) is 5.96 Å². The van der Waals surface area contributed by atoms with E-state index in [1.165, 1.54) is 0 Å². The number of rotatable bonds is 7. The zero-order valence-corrected chi connectivity index (χ0v) is 18.2. The van der Waals surface area contributed by atoms with Crippen molar-refractivity contribution in [3.8, 4) is 0 Å². The molecule has 0 fully saturated rings. The van der Waals surface area contributed by atoms with Crippen LogP contribution in [0.4, 0.5) is 0 Å². The summed E-state index contributed by atoms with van der Waals surface area (Å²) < 4.78 is 26.7. The van der Waals surface area contributed by atoms with Crippen LogP contribution in [0.25, 0.3) is 0 Å². The molecule has 0 aliphatic rings. The van der Waals surface area contributed by atoms with E-state index in [1.807, 2.05) is 24.3 Å². The van der Waals surface area contributed by atoms with Crippen molar-refractivity contribution in [2.45, 2.75) is 11.4 Å². The zero-order chi connectivity index (χ0) is 18.1. The Bertz CT molecular complexity index is 817. The van der Waals surface area contributed by atoms with Gasteiger partial charge in [-0.1, -0.05) is 41.9 Å². The summed E-state index contributed by atoms with van der Waals surface area (Å²) >= 11 is 5.95. The van der Waals surface area contributed by atoms with Gasteiger partial charge in [0.2, 0.25) is 10.0 Å². The van der Waals surface area contributed by atoms with Crippen LogP contribution in [0, 0.1) is 0 Å². The summed E-state index contributed by atoms with van der Waals surface area (Å²) in [4.78, 5) is 4.35. The van der Waals surface area contributed by atoms with Crippen molar-refractivity contribution in [3.05, 3.63) is 65.2 Å². The number of halogens is 2. The minimum atomic E-state index is -3.49. The minimum absolute atomic E-state index is 0. The van der Waals surface area contributed by atoms with E-state index in [4.69, 9.17) is 11.6 Å². The molecule has 6 nitrogen and oxygen atoms in total. The molecule has 0 saturated heterocycles. The Labute approximate surface area is 176 Å². The van der Waals surface area contributed by atoms with Gasteiger partial charge < -0.3 is 10.6 Å². The van der Waals surface area contributed by atoms with E-state index in [1.54, 1.807) is 37.4 Å². The molecule has 0 bridgehead atoms. The largest absolute Gasteiger partial charge is 0.355 e. The van der Waals surface area contributed by atoms with Gasteiger partial charge in [0.1, 0.15) is 0 Å². The molecule has 0 saturated carbocycles. The molecular weight excluding hydrogens is 487 g/mol. The quantitative estimate of drug-likeness (QED) is 0.232. The number of sulfonamides is 1. The van der Waals surface area contributed by atoms with Crippen molar-refractivity contribution in [1.29, 1.82) is 0 Å². The molecule has 0 heterocycles. The van der Waals surface area contributed by atoms with E-state index in [2.05, 4.69) is 20.3 Å². The standard InChI is InChI=1S/C17H21ClN4O2S.HI/c1-19-17(21-13-14-6-5-7-15(18)12-14)20-10-11-22-25(23,24)16-8-3-2-4-9-16;/h2-9,12,22H,10-11,13H2,1H3,(H2,19,20,21);1H. The second-order valence-electron chi connectivity index (χ2n) is 5.19. The molecule has 26 heavy (non-hydrogen) atoms. The molecule has 0 aliphatic heterocycles. The van der Waals surface area contributed by atoms with Crippen molar-refractivity contribution in [3.63, 3.8) is 0 Å². The lowest BCUT2D eigenvalue weighted by atomic mass is 10.2. The van der Waals surface area contributed by atoms with Crippen LogP contribution in [-0.2, 0) is 16.6 Å². The Hall–Kier alpha value is -1.36. The molecule has 3 N–H and O–H groups in total. The van der Waals surface area contributed by atoms with Crippen LogP contribution in [0.3, 0.4) is 0 Å². The molecule has 2 rings (SSSR count). The highest BCUT2D eigenvalue weighted by Gasteiger charge is 2.11. The molecule has 0 spiro atoms. The van der Waals surface area contributed by atoms with Gasteiger partial charge in [-0.2, -0.15) is 0 Å². The average Bonchev–Trinajstić information content (AvgIpc) is 2.62. The molecule has 0 unspecified atom stereocenters. The van der Waals surface area contributed by atoms with Gasteiger partial charge in [0.05, 0.1) is 4.90 Å². The number of nitrogens with zero attached hydrogens (tertiary/aromatic N) is 1. The van der Waals surface area contributed by atoms with Gasteiger partial charge in [0, 0.05) is 31.7 Å². The van der Waals surface area contributed by atoms with Crippen LogP contribution in [-0.4, -0.2) is 34.5 Å². The first-order valence-electron chi connectivity index (χ1n) is 7.75. The van der Waals surface area contributed by atoms with Crippen molar-refractivity contribution >= 4 is 51.6 Å². The summed E-state index contributed by atoms with van der Waals surface area (Å²) in [6.07, 6.45) is 0. The first kappa shape index (κ1) is 22.7. The molecular formula is C17H22ClIN4O2S. The second-order valence-corrected chi connectivity index (χ2v) is 7.40. The molecule has 0 atom stereocenters. The predicted octanol–water partition coefficient (Wildman–Crippen LogP) is 2.60. The van der Waals surface area contributed by atoms with E-state index >= 15 is 0 Å². The fraction of sp³-hybridized carbons (Fsp3) is 0.235. The molecule has 0 radical (unpaired) electrons. The third-order valence-electron chi connectivity index (χ3n) is 3.34. The van der Waals surface area contributed by atoms with Gasteiger partial charge in [-0.3, -0.25) is 4.99 Å². The van der Waals surface area contributed by atoms with Gasteiger partial charge in [-0.05, 0) is 29.8 Å². The summed E-state index contributed by atoms with van der Waals surface area (Å²) in [6, 6.07) is 15.8. The first-order valence-corrected chi connectivity index (χ1v) is 9.61. The van der Waals surface area contributed by atoms with Crippen LogP contribution in [0.5, 0.6) is 0 Å². The van der Waals surface area contributed by atoms with Crippen LogP contribution in [0.15, 0.2) is 64.5 Å². The third-order valence-corrected chi connectivity index (χ3v) is 5.05. The van der Waals surface area contributed by atoms with E-state index < -0.39 is 10.0 Å². The lowest BCUT2D eigenvalue weighted by molar-refractivity contribution is 0.580. The molecule has 9 heteroatoms. The molecule has 2 aromatic rings. The van der Waals surface area contributed by atoms with Gasteiger partial charge in [-0.15, -0.1) is 24.0 Å². The number of hydrogen-bond donors (Lipinski definition) is 3. The third kappa shape index (κ3) is 7.48. The highest BCUT2D eigenvalue weighted by molar-refractivity contribution is 14.0. The number of benzene rings is 2. The van der Waals surface area contributed by atoms with Crippen molar-refractivity contribution in [2.75, 3.05) is 20.1 Å². The van der Waals surface area contributed by atoms with Crippen LogP contribution in [0.2, 0.25) is 5.02 Å². The summed E-state index contributed by atoms with van der Waals surface area (Å²) in [5.41, 5.74) is 1.03. The second kappa shape index (κ2) is 11.4. The maximum Gasteiger partial charge on any atom is 0.240 e. The smallest absolute Gasteiger partial charge is 0.240 e. The van der Waals surface area contributed by atoms with E-state index in [0.717, 1.165) is 5.56 Å². The summed E-state index contributed by atoms with van der Waals surface area (Å²) in [7, 11) is -1.84. The van der Waals surface area contributed by atoms with Gasteiger partial charge >= 0.3 is 0 Å². The normalized spacial score (nSPS) is 11.5. The van der Waals surface area contributed by atoms with Crippen LogP contribution in [0.1, 0.15) is 5.56 Å². The Morgan fingerprint density at radius 3 is 2.42 bits per heavy atom. The lowest BCUT2D eigenvalue weighted by Gasteiger charge is -2.12. The zero-order valence-electron chi connectivity index (χ0n) is 14.3. The maximum absolute atomic E-state index is 12.1. The van der Waals surface area contributed by atoms with E-state index in [9.17, 15) is 8.42 Å². The topological polar surface area (TPSA) is 82.6 Å². The molecule has 0 amide bonds. The SMILES string of the molecule is CN=C(NCCNS(=O)(=O)c1ccccc1)NCc1cccc(Cl)c1.I. The number of nitrogens with one attached hydrogen (secondary N) is 3. The van der Waals surface area contributed by atoms with Gasteiger partial charge in [-0.25, -0.2) is 13.1 Å². The van der Waals surface area contributed by atoms with E-state index in [0.29, 0.717) is 24.1 Å². The molecule has 0 aliphatic carbocycles. The Morgan fingerprint density at radius 1 is 1.04 bits per heavy atom. The minimum Gasteiger partial charge on any atom is -0.355 e. The van der Waals surface area contributed by atoms with Crippen molar-refractivity contribution in [1.82, 2.24) is 15.4 Å². The average molecular weight is 509 g/mol. The number of hydrogen-bond acceptors (Lipinski definition) is 3. The number of aliphatic imine (C=N–C) groups is 1. The fourth-order valence-electron chi connectivity index (χ4n) is 2.10. The fourth-order valence-corrected chi connectivity index (χ4v) is 3.37. The molecule has 0 aromatic heterocycles. The predicted molar refractivity (Wildman–Crippen MR) is 117 cm³/mol. The highest BCUT2D eigenvalue weighted by atomic mass is 127. The number of guanidine groups is 1. The summed E-state index contributed by atoms with van der Waals surface area (Å²) in [5.74, 6) is 0.582. The molecule has 142 valence electrons.